The summed E-state index contributed by atoms with van der Waals surface area (Å²) < 4.78 is 33.1. The molecule has 0 aliphatic heterocycles. The summed E-state index contributed by atoms with van der Waals surface area (Å²) in [5.74, 6) is 0. The molecule has 0 aliphatic carbocycles. The number of alkyl halides is 2. The van der Waals surface area contributed by atoms with Crippen molar-refractivity contribution in [2.45, 2.75) is 26.4 Å². The van der Waals surface area contributed by atoms with Crippen LogP contribution in [0.5, 0.6) is 0 Å². The normalized spacial score (nSPS) is 11.6. The molecule has 0 aliphatic rings. The topological polar surface area (TPSA) is 30.5 Å². The van der Waals surface area contributed by atoms with E-state index in [9.17, 15) is 8.78 Å². The second-order valence-corrected chi connectivity index (χ2v) is 3.14. The number of ether oxygens (including phenoxy) is 2. The van der Waals surface area contributed by atoms with Gasteiger partial charge in [0, 0.05) is 13.1 Å². The molecule has 0 aromatic carbocycles. The zero-order chi connectivity index (χ0) is 10.8. The fourth-order valence-electron chi connectivity index (χ4n) is 0.809. The lowest BCUT2D eigenvalue weighted by atomic mass is 10.5. The number of rotatable bonds is 9. The van der Waals surface area contributed by atoms with E-state index >= 15 is 0 Å². The second kappa shape index (κ2) is 9.30. The van der Waals surface area contributed by atoms with E-state index in [0.717, 1.165) is 6.54 Å². The van der Waals surface area contributed by atoms with Gasteiger partial charge in [-0.2, -0.15) is 0 Å². The van der Waals surface area contributed by atoms with Gasteiger partial charge in [0.1, 0.15) is 6.61 Å². The summed E-state index contributed by atoms with van der Waals surface area (Å²) in [6, 6.07) is 0. The smallest absolute Gasteiger partial charge is 0.261 e. The molecule has 0 aromatic rings. The van der Waals surface area contributed by atoms with Gasteiger partial charge in [-0.05, 0) is 13.8 Å². The van der Waals surface area contributed by atoms with Gasteiger partial charge in [0.2, 0.25) is 0 Å². The molecule has 0 saturated carbocycles. The van der Waals surface area contributed by atoms with Crippen LogP contribution in [0.15, 0.2) is 0 Å². The highest BCUT2D eigenvalue weighted by atomic mass is 19.3. The fourth-order valence-corrected chi connectivity index (χ4v) is 0.809. The van der Waals surface area contributed by atoms with Gasteiger partial charge in [-0.1, -0.05) is 0 Å². The van der Waals surface area contributed by atoms with Crippen molar-refractivity contribution in [3.8, 4) is 0 Å². The Morgan fingerprint density at radius 2 is 1.79 bits per heavy atom. The molecule has 0 amide bonds. The van der Waals surface area contributed by atoms with E-state index in [4.69, 9.17) is 4.74 Å². The van der Waals surface area contributed by atoms with Crippen molar-refractivity contribution in [2.75, 3.05) is 32.9 Å². The van der Waals surface area contributed by atoms with E-state index in [-0.39, 0.29) is 6.10 Å². The Kier molecular flexibility index (Phi) is 9.13. The van der Waals surface area contributed by atoms with E-state index in [1.165, 1.54) is 0 Å². The van der Waals surface area contributed by atoms with Gasteiger partial charge in [0.05, 0.1) is 19.3 Å². The van der Waals surface area contributed by atoms with Crippen molar-refractivity contribution in [3.05, 3.63) is 0 Å². The monoisotopic (exact) mass is 211 g/mol. The molecule has 0 spiro atoms. The quantitative estimate of drug-likeness (QED) is 0.583. The predicted molar refractivity (Wildman–Crippen MR) is 50.8 cm³/mol. The predicted octanol–water partition coefficient (Wildman–Crippen LogP) is 1.28. The van der Waals surface area contributed by atoms with Crippen LogP contribution in [0, 0.1) is 0 Å². The molecule has 86 valence electrons. The number of hydrogen-bond donors (Lipinski definition) is 1. The maximum absolute atomic E-state index is 11.6. The molecule has 0 rings (SSSR count). The zero-order valence-electron chi connectivity index (χ0n) is 8.76. The number of hydrogen-bond acceptors (Lipinski definition) is 3. The largest absolute Gasteiger partial charge is 0.377 e. The van der Waals surface area contributed by atoms with Crippen LogP contribution in [0.1, 0.15) is 13.8 Å². The third kappa shape index (κ3) is 11.7. The van der Waals surface area contributed by atoms with E-state index < -0.39 is 13.0 Å². The molecule has 0 bridgehead atoms. The molecule has 14 heavy (non-hydrogen) atoms. The van der Waals surface area contributed by atoms with Crippen LogP contribution < -0.4 is 5.32 Å². The summed E-state index contributed by atoms with van der Waals surface area (Å²) in [6.45, 7) is 5.69. The molecular weight excluding hydrogens is 192 g/mol. The van der Waals surface area contributed by atoms with Crippen LogP contribution in [0.4, 0.5) is 8.78 Å². The van der Waals surface area contributed by atoms with Gasteiger partial charge >= 0.3 is 0 Å². The lowest BCUT2D eigenvalue weighted by molar-refractivity contribution is 0.0178. The summed E-state index contributed by atoms with van der Waals surface area (Å²) in [5, 5.41) is 3.02. The Bertz CT molecular complexity index is 109. The molecule has 0 unspecified atom stereocenters. The minimum Gasteiger partial charge on any atom is -0.377 e. The third-order valence-corrected chi connectivity index (χ3v) is 1.40. The Morgan fingerprint density at radius 1 is 1.14 bits per heavy atom. The SMILES string of the molecule is CC(C)OCCNCCOCC(F)F. The van der Waals surface area contributed by atoms with Gasteiger partial charge in [-0.25, -0.2) is 8.78 Å². The first kappa shape index (κ1) is 13.7. The first-order chi connectivity index (χ1) is 6.63. The van der Waals surface area contributed by atoms with Gasteiger partial charge in [0.15, 0.2) is 0 Å². The molecule has 0 atom stereocenters. The van der Waals surface area contributed by atoms with Crippen LogP contribution in [-0.4, -0.2) is 45.4 Å². The zero-order valence-corrected chi connectivity index (χ0v) is 8.76. The molecule has 0 heterocycles. The number of nitrogens with one attached hydrogen (secondary N) is 1. The van der Waals surface area contributed by atoms with Gasteiger partial charge in [0.25, 0.3) is 6.43 Å². The maximum Gasteiger partial charge on any atom is 0.261 e. The lowest BCUT2D eigenvalue weighted by Gasteiger charge is -2.08. The van der Waals surface area contributed by atoms with Crippen LogP contribution >= 0.6 is 0 Å². The molecule has 0 saturated heterocycles. The molecule has 0 fully saturated rings. The molecule has 0 aromatic heterocycles. The maximum atomic E-state index is 11.6. The van der Waals surface area contributed by atoms with Crippen molar-refractivity contribution >= 4 is 0 Å². The van der Waals surface area contributed by atoms with E-state index in [1.54, 1.807) is 0 Å². The minimum atomic E-state index is -2.38. The summed E-state index contributed by atoms with van der Waals surface area (Å²) >= 11 is 0. The second-order valence-electron chi connectivity index (χ2n) is 3.14. The Morgan fingerprint density at radius 3 is 2.36 bits per heavy atom. The van der Waals surface area contributed by atoms with Gasteiger partial charge in [-0.15, -0.1) is 0 Å². The summed E-state index contributed by atoms with van der Waals surface area (Å²) in [6.07, 6.45) is -2.15. The minimum absolute atomic E-state index is 0.229. The first-order valence-corrected chi connectivity index (χ1v) is 4.81. The molecule has 3 nitrogen and oxygen atoms in total. The average Bonchev–Trinajstić information content (AvgIpc) is 2.08. The Balaban J connectivity index is 2.92. The first-order valence-electron chi connectivity index (χ1n) is 4.81. The third-order valence-electron chi connectivity index (χ3n) is 1.40. The highest BCUT2D eigenvalue weighted by Gasteiger charge is 2.00. The van der Waals surface area contributed by atoms with Crippen LogP contribution in [0.3, 0.4) is 0 Å². The molecule has 1 N–H and O–H groups in total. The fraction of sp³-hybridized carbons (Fsp3) is 1.00. The van der Waals surface area contributed by atoms with Crippen molar-refractivity contribution in [1.82, 2.24) is 5.32 Å². The van der Waals surface area contributed by atoms with E-state index in [0.29, 0.717) is 19.8 Å². The average molecular weight is 211 g/mol. The lowest BCUT2D eigenvalue weighted by Crippen LogP contribution is -2.25. The van der Waals surface area contributed by atoms with E-state index in [2.05, 4.69) is 10.1 Å². The highest BCUT2D eigenvalue weighted by Crippen LogP contribution is 1.91. The summed E-state index contributed by atoms with van der Waals surface area (Å²) in [5.41, 5.74) is 0. The molecular formula is C9H19F2NO2. The van der Waals surface area contributed by atoms with E-state index in [1.807, 2.05) is 13.8 Å². The van der Waals surface area contributed by atoms with Gasteiger partial charge < -0.3 is 14.8 Å². The molecule has 0 radical (unpaired) electrons. The van der Waals surface area contributed by atoms with Crippen molar-refractivity contribution < 1.29 is 18.3 Å². The van der Waals surface area contributed by atoms with Gasteiger partial charge in [-0.3, -0.25) is 0 Å². The Hall–Kier alpha value is -0.260. The Labute approximate surface area is 83.8 Å². The summed E-state index contributed by atoms with van der Waals surface area (Å²) in [7, 11) is 0. The molecule has 5 heteroatoms. The van der Waals surface area contributed by atoms with Crippen LogP contribution in [-0.2, 0) is 9.47 Å². The van der Waals surface area contributed by atoms with Crippen LogP contribution in [0.2, 0.25) is 0 Å². The standard InChI is InChI=1S/C9H19F2NO2/c1-8(2)14-6-4-12-3-5-13-7-9(10)11/h8-9,12H,3-7H2,1-2H3. The van der Waals surface area contributed by atoms with Crippen molar-refractivity contribution in [2.24, 2.45) is 0 Å². The van der Waals surface area contributed by atoms with Crippen molar-refractivity contribution in [3.63, 3.8) is 0 Å². The summed E-state index contributed by atoms with van der Waals surface area (Å²) in [4.78, 5) is 0. The van der Waals surface area contributed by atoms with Crippen molar-refractivity contribution in [1.29, 1.82) is 0 Å². The highest BCUT2D eigenvalue weighted by molar-refractivity contribution is 4.46. The van der Waals surface area contributed by atoms with Crippen LogP contribution in [0.25, 0.3) is 0 Å². The number of halogens is 2.